The fourth-order valence-electron chi connectivity index (χ4n) is 7.29. The molecule has 0 unspecified atom stereocenters. The van der Waals surface area contributed by atoms with Crippen LogP contribution in [0.2, 0.25) is 0 Å². The first kappa shape index (κ1) is 25.6. The number of amides is 2. The van der Waals surface area contributed by atoms with Gasteiger partial charge in [-0.2, -0.15) is 4.98 Å². The topological polar surface area (TPSA) is 103 Å². The monoisotopic (exact) mass is 545 g/mol. The Morgan fingerprint density at radius 3 is 2.58 bits per heavy atom. The summed E-state index contributed by atoms with van der Waals surface area (Å²) in [6.07, 6.45) is 10.6. The molecule has 3 saturated heterocycles. The highest BCUT2D eigenvalue weighted by molar-refractivity contribution is 6.03. The Bertz CT molecular complexity index is 1310. The summed E-state index contributed by atoms with van der Waals surface area (Å²) in [6, 6.07) is 6.04. The number of methoxy groups -OCH3 is 1. The van der Waals surface area contributed by atoms with E-state index in [0.717, 1.165) is 76.2 Å². The second kappa shape index (κ2) is 9.90. The van der Waals surface area contributed by atoms with Gasteiger partial charge in [0, 0.05) is 37.8 Å². The minimum atomic E-state index is -0.292. The van der Waals surface area contributed by atoms with Crippen LogP contribution < -0.4 is 25.2 Å². The molecule has 2 aromatic rings. The molecule has 2 N–H and O–H groups in total. The highest BCUT2D eigenvalue weighted by Crippen LogP contribution is 2.52. The molecular formula is C30H39N7O3. The van der Waals surface area contributed by atoms with Crippen LogP contribution in [0.15, 0.2) is 24.4 Å². The Labute approximate surface area is 235 Å². The van der Waals surface area contributed by atoms with Crippen molar-refractivity contribution in [3.63, 3.8) is 0 Å². The number of ether oxygens (including phenoxy) is 1. The second-order valence-corrected chi connectivity index (χ2v) is 12.4. The molecule has 1 aromatic carbocycles. The number of rotatable bonds is 6. The molecule has 0 radical (unpaired) electrons. The van der Waals surface area contributed by atoms with E-state index < -0.39 is 0 Å². The minimum Gasteiger partial charge on any atom is -0.495 e. The predicted molar refractivity (Wildman–Crippen MR) is 153 cm³/mol. The maximum Gasteiger partial charge on any atom is 0.251 e. The summed E-state index contributed by atoms with van der Waals surface area (Å²) < 4.78 is 5.68. The average Bonchev–Trinajstić information content (AvgIpc) is 3.59. The lowest BCUT2D eigenvalue weighted by atomic mass is 9.84. The van der Waals surface area contributed by atoms with E-state index in [-0.39, 0.29) is 23.3 Å². The summed E-state index contributed by atoms with van der Waals surface area (Å²) in [5, 5.41) is 6.58. The number of nitrogens with zero attached hydrogens (tertiary/aromatic N) is 5. The summed E-state index contributed by atoms with van der Waals surface area (Å²) in [4.78, 5) is 42.6. The van der Waals surface area contributed by atoms with Gasteiger partial charge < -0.3 is 30.1 Å². The molecule has 2 saturated carbocycles. The third-order valence-electron chi connectivity index (χ3n) is 9.92. The lowest BCUT2D eigenvalue weighted by molar-refractivity contribution is -0.122. The number of anilines is 4. The van der Waals surface area contributed by atoms with Crippen LogP contribution in [0, 0.1) is 11.3 Å². The summed E-state index contributed by atoms with van der Waals surface area (Å²) in [6.45, 7) is 3.93. The predicted octanol–water partition coefficient (Wildman–Crippen LogP) is 3.56. The Kier molecular flexibility index (Phi) is 6.33. The number of carbonyl (C=O) groups is 2. The number of aromatic nitrogens is 2. The summed E-state index contributed by atoms with van der Waals surface area (Å²) >= 11 is 0. The Morgan fingerprint density at radius 1 is 1.12 bits per heavy atom. The SMILES string of the molecule is COc1cc(C(=O)N[C@@H]2CN3CCC2CC3)ccc1Nc1ncc2c(n1)N(C1CCCC1)CC1(CC1)C(=O)N2C. The number of hydrogen-bond donors (Lipinski definition) is 2. The first-order valence-corrected chi connectivity index (χ1v) is 14.8. The smallest absolute Gasteiger partial charge is 0.251 e. The van der Waals surface area contributed by atoms with Gasteiger partial charge in [0.05, 0.1) is 24.4 Å². The van der Waals surface area contributed by atoms with Gasteiger partial charge >= 0.3 is 0 Å². The molecule has 4 aliphatic heterocycles. The maximum absolute atomic E-state index is 13.3. The van der Waals surface area contributed by atoms with Gasteiger partial charge in [0.15, 0.2) is 5.82 Å². The Morgan fingerprint density at radius 2 is 1.90 bits per heavy atom. The van der Waals surface area contributed by atoms with Crippen molar-refractivity contribution in [3.05, 3.63) is 30.0 Å². The maximum atomic E-state index is 13.3. The van der Waals surface area contributed by atoms with E-state index in [0.29, 0.717) is 34.9 Å². The van der Waals surface area contributed by atoms with Gasteiger partial charge in [-0.15, -0.1) is 0 Å². The lowest BCUT2D eigenvalue weighted by Crippen LogP contribution is -2.57. The van der Waals surface area contributed by atoms with E-state index in [1.54, 1.807) is 24.3 Å². The van der Waals surface area contributed by atoms with Crippen LogP contribution in [-0.4, -0.2) is 79.1 Å². The van der Waals surface area contributed by atoms with Crippen LogP contribution in [0.4, 0.5) is 23.1 Å². The van der Waals surface area contributed by atoms with Crippen molar-refractivity contribution in [2.45, 2.75) is 63.5 Å². The largest absolute Gasteiger partial charge is 0.495 e. The van der Waals surface area contributed by atoms with Crippen molar-refractivity contribution in [1.29, 1.82) is 0 Å². The molecule has 10 heteroatoms. The first-order valence-electron chi connectivity index (χ1n) is 14.8. The fraction of sp³-hybridized carbons (Fsp3) is 0.600. The first-order chi connectivity index (χ1) is 19.4. The van der Waals surface area contributed by atoms with Gasteiger partial charge in [-0.25, -0.2) is 4.98 Å². The van der Waals surface area contributed by atoms with Crippen LogP contribution in [-0.2, 0) is 4.79 Å². The zero-order valence-electron chi connectivity index (χ0n) is 23.5. The lowest BCUT2D eigenvalue weighted by Gasteiger charge is -2.44. The van der Waals surface area contributed by atoms with Crippen molar-refractivity contribution in [2.24, 2.45) is 11.3 Å². The molecule has 2 amide bonds. The fourth-order valence-corrected chi connectivity index (χ4v) is 7.29. The van der Waals surface area contributed by atoms with Crippen LogP contribution in [0.25, 0.3) is 0 Å². The van der Waals surface area contributed by atoms with Crippen molar-refractivity contribution in [1.82, 2.24) is 20.2 Å². The number of piperidine rings is 3. The molecule has 10 nitrogen and oxygen atoms in total. The molecule has 1 spiro atoms. The third kappa shape index (κ3) is 4.46. The average molecular weight is 546 g/mol. The zero-order chi connectivity index (χ0) is 27.4. The minimum absolute atomic E-state index is 0.0706. The summed E-state index contributed by atoms with van der Waals surface area (Å²) in [7, 11) is 3.45. The summed E-state index contributed by atoms with van der Waals surface area (Å²) in [5.41, 5.74) is 1.73. The zero-order valence-corrected chi connectivity index (χ0v) is 23.5. The molecule has 5 fully saturated rings. The van der Waals surface area contributed by atoms with E-state index in [2.05, 4.69) is 25.4 Å². The Balaban J connectivity index is 1.13. The van der Waals surface area contributed by atoms with Crippen LogP contribution in [0.5, 0.6) is 5.75 Å². The van der Waals surface area contributed by atoms with Gasteiger partial charge in [-0.3, -0.25) is 9.59 Å². The molecular weight excluding hydrogens is 506 g/mol. The standard InChI is InChI=1S/C30H39N7O3/c1-35-24-16-31-29(34-26(24)37(21-5-3-4-6-21)18-30(11-12-30)28(35)39)33-22-8-7-20(15-25(22)40-2)27(38)32-23-17-36-13-9-19(23)10-14-36/h7-8,15-16,19,21,23H,3-6,9-14,17-18H2,1-2H3,(H,32,38)(H,31,33,34)/t23-/m1/s1. The number of fused-ring (bicyclic) bond motifs is 4. The van der Waals surface area contributed by atoms with E-state index in [4.69, 9.17) is 9.72 Å². The van der Waals surface area contributed by atoms with Crippen molar-refractivity contribution >= 4 is 35.0 Å². The number of benzene rings is 1. The second-order valence-electron chi connectivity index (χ2n) is 12.4. The molecule has 6 aliphatic rings. The van der Waals surface area contributed by atoms with E-state index in [1.807, 2.05) is 19.2 Å². The van der Waals surface area contributed by atoms with Crippen molar-refractivity contribution < 1.29 is 14.3 Å². The van der Waals surface area contributed by atoms with Crippen LogP contribution in [0.3, 0.4) is 0 Å². The molecule has 40 heavy (non-hydrogen) atoms. The van der Waals surface area contributed by atoms with E-state index in [1.165, 1.54) is 12.8 Å². The molecule has 8 rings (SSSR count). The highest BCUT2D eigenvalue weighted by Gasteiger charge is 2.55. The molecule has 2 bridgehead atoms. The molecule has 1 aromatic heterocycles. The molecule has 212 valence electrons. The number of carbonyl (C=O) groups excluding carboxylic acids is 2. The molecule has 2 aliphatic carbocycles. The van der Waals surface area contributed by atoms with Gasteiger partial charge in [0.2, 0.25) is 11.9 Å². The molecule has 5 heterocycles. The van der Waals surface area contributed by atoms with Gasteiger partial charge in [-0.05, 0) is 75.7 Å². The van der Waals surface area contributed by atoms with Crippen molar-refractivity contribution in [2.75, 3.05) is 55.5 Å². The van der Waals surface area contributed by atoms with Gasteiger partial charge in [-0.1, -0.05) is 12.8 Å². The third-order valence-corrected chi connectivity index (χ3v) is 9.92. The summed E-state index contributed by atoms with van der Waals surface area (Å²) in [5.74, 6) is 2.48. The highest BCUT2D eigenvalue weighted by atomic mass is 16.5. The number of nitrogens with one attached hydrogen (secondary N) is 2. The van der Waals surface area contributed by atoms with Gasteiger partial charge in [0.25, 0.3) is 5.91 Å². The van der Waals surface area contributed by atoms with Crippen LogP contribution >= 0.6 is 0 Å². The van der Waals surface area contributed by atoms with Crippen molar-refractivity contribution in [3.8, 4) is 5.75 Å². The van der Waals surface area contributed by atoms with E-state index in [9.17, 15) is 9.59 Å². The quantitative estimate of drug-likeness (QED) is 0.568. The van der Waals surface area contributed by atoms with E-state index >= 15 is 0 Å². The number of hydrogen-bond acceptors (Lipinski definition) is 8. The normalized spacial score (nSPS) is 26.9. The van der Waals surface area contributed by atoms with Gasteiger partial charge in [0.1, 0.15) is 11.4 Å². The molecule has 1 atom stereocenters. The Hall–Kier alpha value is -3.40. The van der Waals surface area contributed by atoms with Crippen LogP contribution in [0.1, 0.15) is 61.7 Å².